The maximum atomic E-state index is 10.4. The lowest BCUT2D eigenvalue weighted by atomic mass is 10.0. The van der Waals surface area contributed by atoms with E-state index in [1.165, 1.54) is 16.9 Å². The molecular weight excluding hydrogens is 290 g/mol. The molecule has 0 aliphatic heterocycles. The van der Waals surface area contributed by atoms with E-state index in [0.29, 0.717) is 10.0 Å². The van der Waals surface area contributed by atoms with Gasteiger partial charge in [0.05, 0.1) is 16.3 Å². The molecule has 1 heterocycles. The molecular formula is C15H19NO2S2. The number of hydrogen-bond donors (Lipinski definition) is 2. The number of rotatable bonds is 5. The molecule has 0 saturated heterocycles. The van der Waals surface area contributed by atoms with Crippen LogP contribution in [0.1, 0.15) is 30.3 Å². The minimum Gasteiger partial charge on any atom is -0.292 e. The van der Waals surface area contributed by atoms with E-state index < -0.39 is 10.6 Å². The maximum Gasteiger partial charge on any atom is 0.203 e. The quantitative estimate of drug-likeness (QED) is 0.785. The van der Waals surface area contributed by atoms with E-state index in [2.05, 4.69) is 25.1 Å². The van der Waals surface area contributed by atoms with Gasteiger partial charge in [-0.05, 0) is 31.9 Å². The maximum absolute atomic E-state index is 10.4. The average Bonchev–Trinajstić information content (AvgIpc) is 2.85. The number of thiazole rings is 1. The number of allylic oxidation sites excluding steroid dienone is 3. The molecule has 2 N–H and O–H groups in total. The third-order valence-electron chi connectivity index (χ3n) is 3.15. The van der Waals surface area contributed by atoms with E-state index in [0.717, 1.165) is 23.3 Å². The van der Waals surface area contributed by atoms with Crippen molar-refractivity contribution in [2.75, 3.05) is 5.75 Å². The van der Waals surface area contributed by atoms with E-state index in [9.17, 15) is 9.11 Å². The predicted molar refractivity (Wildman–Crippen MR) is 89.4 cm³/mol. The topological polar surface area (TPSA) is 53.4 Å². The average molecular weight is 309 g/mol. The molecule has 5 heteroatoms. The predicted octanol–water partition coefficient (Wildman–Crippen LogP) is 5.21. The van der Waals surface area contributed by atoms with Crippen LogP contribution in [0, 0.1) is 0 Å². The Labute approximate surface area is 125 Å². The van der Waals surface area contributed by atoms with Gasteiger partial charge < -0.3 is 0 Å². The molecule has 2 rings (SSSR count). The highest BCUT2D eigenvalue weighted by Gasteiger charge is 2.23. The summed E-state index contributed by atoms with van der Waals surface area (Å²) in [5.41, 5.74) is 3.04. The summed E-state index contributed by atoms with van der Waals surface area (Å²) >= 11 is 1.27. The summed E-state index contributed by atoms with van der Waals surface area (Å²) in [4.78, 5) is 5.10. The second-order valence-electron chi connectivity index (χ2n) is 4.79. The van der Waals surface area contributed by atoms with Crippen molar-refractivity contribution in [3.63, 3.8) is 0 Å². The van der Waals surface area contributed by atoms with Crippen LogP contribution in [0.4, 0.5) is 0 Å². The molecule has 108 valence electrons. The third-order valence-corrected chi connectivity index (χ3v) is 6.49. The van der Waals surface area contributed by atoms with Crippen molar-refractivity contribution in [2.24, 2.45) is 0 Å². The van der Waals surface area contributed by atoms with Gasteiger partial charge in [-0.25, -0.2) is 4.98 Å². The van der Waals surface area contributed by atoms with Crippen LogP contribution in [0.15, 0.2) is 40.8 Å². The first-order valence-corrected chi connectivity index (χ1v) is 8.86. The van der Waals surface area contributed by atoms with Crippen molar-refractivity contribution in [2.45, 2.75) is 24.1 Å². The summed E-state index contributed by atoms with van der Waals surface area (Å²) < 4.78 is 21.1. The van der Waals surface area contributed by atoms with Crippen molar-refractivity contribution in [1.29, 1.82) is 0 Å². The number of nitrogens with zero attached hydrogens (tertiary/aromatic N) is 1. The minimum absolute atomic E-state index is 0.261. The Bertz CT molecular complexity index is 572. The molecule has 1 aliphatic rings. The van der Waals surface area contributed by atoms with Crippen LogP contribution in [0.25, 0.3) is 12.2 Å². The molecule has 1 aromatic rings. The largest absolute Gasteiger partial charge is 0.292 e. The zero-order chi connectivity index (χ0) is 14.8. The first kappa shape index (κ1) is 15.3. The van der Waals surface area contributed by atoms with Gasteiger partial charge in [-0.1, -0.05) is 47.8 Å². The van der Waals surface area contributed by atoms with Gasteiger partial charge in [0.2, 0.25) is 4.34 Å². The van der Waals surface area contributed by atoms with Crippen molar-refractivity contribution in [3.05, 3.63) is 47.0 Å². The van der Waals surface area contributed by atoms with Crippen LogP contribution in [0.3, 0.4) is 0 Å². The summed E-state index contributed by atoms with van der Waals surface area (Å²) in [6, 6.07) is 0. The van der Waals surface area contributed by atoms with Gasteiger partial charge in [-0.15, -0.1) is 10.6 Å². The van der Waals surface area contributed by atoms with Crippen molar-refractivity contribution in [3.8, 4) is 0 Å². The van der Waals surface area contributed by atoms with Gasteiger partial charge in [-0.3, -0.25) is 9.11 Å². The zero-order valence-corrected chi connectivity index (χ0v) is 13.1. The third kappa shape index (κ3) is 3.30. The Kier molecular flexibility index (Phi) is 4.65. The monoisotopic (exact) mass is 309 g/mol. The lowest BCUT2D eigenvalue weighted by Crippen LogP contribution is -2.07. The first-order valence-electron chi connectivity index (χ1n) is 6.33. The van der Waals surface area contributed by atoms with E-state index in [-0.39, 0.29) is 5.75 Å². The van der Waals surface area contributed by atoms with Gasteiger partial charge >= 0.3 is 0 Å². The van der Waals surface area contributed by atoms with Crippen LogP contribution in [-0.4, -0.2) is 19.8 Å². The van der Waals surface area contributed by atoms with Crippen molar-refractivity contribution in [1.82, 2.24) is 4.98 Å². The normalized spacial score (nSPS) is 16.4. The van der Waals surface area contributed by atoms with Gasteiger partial charge in [0, 0.05) is 0 Å². The molecule has 0 spiro atoms. The summed E-state index contributed by atoms with van der Waals surface area (Å²) in [5.74, 6) is 0.261. The van der Waals surface area contributed by atoms with Crippen LogP contribution < -0.4 is 0 Å². The summed E-state index contributed by atoms with van der Waals surface area (Å²) in [6.45, 7) is 9.47. The van der Waals surface area contributed by atoms with Gasteiger partial charge in [0.15, 0.2) is 0 Å². The van der Waals surface area contributed by atoms with E-state index in [1.807, 2.05) is 12.2 Å². The fourth-order valence-corrected chi connectivity index (χ4v) is 4.73. The molecule has 0 fully saturated rings. The molecule has 0 unspecified atom stereocenters. The first-order chi connectivity index (χ1) is 9.46. The standard InChI is InChI=1S/C15H19NO2S2/c1-4-13-14(5-2)19-15(16-13)20(17,18)10-12-8-6-11(3)7-9-12/h4-6,8,17-18H,1-2,7,9-10H2,3H3. The fourth-order valence-electron chi connectivity index (χ4n) is 1.98. The molecule has 0 atom stereocenters. The number of aromatic nitrogens is 1. The van der Waals surface area contributed by atoms with Crippen molar-refractivity contribution < 1.29 is 9.11 Å². The van der Waals surface area contributed by atoms with Crippen LogP contribution in [0.5, 0.6) is 0 Å². The smallest absolute Gasteiger partial charge is 0.203 e. The Morgan fingerprint density at radius 1 is 1.30 bits per heavy atom. The molecule has 0 amide bonds. The molecule has 0 saturated carbocycles. The fraction of sp³-hybridized carbons (Fsp3) is 0.267. The van der Waals surface area contributed by atoms with Crippen LogP contribution in [0.2, 0.25) is 0 Å². The summed E-state index contributed by atoms with van der Waals surface area (Å²) in [6.07, 6.45) is 9.17. The van der Waals surface area contributed by atoms with Gasteiger partial charge in [0.25, 0.3) is 0 Å². The van der Waals surface area contributed by atoms with E-state index in [1.54, 1.807) is 12.2 Å². The SMILES string of the molecule is C=Cc1nc(S(O)(O)CC2=CC=C(C)CC2)sc1C=C. The Morgan fingerprint density at radius 2 is 2.05 bits per heavy atom. The Hall–Kier alpha value is -1.14. The minimum atomic E-state index is -2.88. The molecule has 0 aromatic carbocycles. The highest BCUT2D eigenvalue weighted by atomic mass is 32.3. The molecule has 1 aliphatic carbocycles. The highest BCUT2D eigenvalue weighted by Crippen LogP contribution is 2.52. The summed E-state index contributed by atoms with van der Waals surface area (Å²) in [5, 5.41) is 0. The molecule has 20 heavy (non-hydrogen) atoms. The van der Waals surface area contributed by atoms with Gasteiger partial charge in [0.1, 0.15) is 0 Å². The summed E-state index contributed by atoms with van der Waals surface area (Å²) in [7, 11) is -2.88. The molecule has 0 bridgehead atoms. The van der Waals surface area contributed by atoms with E-state index >= 15 is 0 Å². The second kappa shape index (κ2) is 6.10. The molecule has 0 radical (unpaired) electrons. The Balaban J connectivity index is 2.24. The zero-order valence-electron chi connectivity index (χ0n) is 11.5. The number of hydrogen-bond acceptors (Lipinski definition) is 4. The Morgan fingerprint density at radius 3 is 2.55 bits per heavy atom. The van der Waals surface area contributed by atoms with E-state index in [4.69, 9.17) is 0 Å². The van der Waals surface area contributed by atoms with Crippen LogP contribution in [-0.2, 0) is 0 Å². The lowest BCUT2D eigenvalue weighted by molar-refractivity contribution is 0.488. The highest BCUT2D eigenvalue weighted by molar-refractivity contribution is 8.25. The molecule has 1 aromatic heterocycles. The van der Waals surface area contributed by atoms with Crippen molar-refractivity contribution >= 4 is 34.1 Å². The second-order valence-corrected chi connectivity index (χ2v) is 8.08. The lowest BCUT2D eigenvalue weighted by Gasteiger charge is -2.31. The van der Waals surface area contributed by atoms with Gasteiger partial charge in [-0.2, -0.15) is 0 Å². The van der Waals surface area contributed by atoms with Crippen LogP contribution >= 0.6 is 21.9 Å². The molecule has 3 nitrogen and oxygen atoms in total.